The molecule has 0 aromatic rings. The van der Waals surface area contributed by atoms with Gasteiger partial charge in [-0.25, -0.2) is 0 Å². The molecule has 4 nitrogen and oxygen atoms in total. The average Bonchev–Trinajstić information content (AvgIpc) is 2.83. The van der Waals surface area contributed by atoms with Gasteiger partial charge in [0.15, 0.2) is 0 Å². The van der Waals surface area contributed by atoms with Gasteiger partial charge in [-0.1, -0.05) is 136 Å². The molecule has 0 aliphatic heterocycles. The standard InChI is InChI=1S/C30H64NO.C2H4O2/c1-4-7-8-9-10-11-12-13-14-15-16-17-18-19-20-21-22-23-24-25-28-31(26-5-2,27-6-3)29-30-32;1-2(3)4/h32H,4-30H2,1-3H3;1H3,(H,3,4)/q+1;/p-1. The molecule has 0 amide bonds. The number of rotatable bonds is 27. The van der Waals surface area contributed by atoms with Crippen LogP contribution in [0.4, 0.5) is 0 Å². The molecule has 0 heterocycles. The first-order valence-electron chi connectivity index (χ1n) is 16.1. The first-order chi connectivity index (χ1) is 17.5. The number of carboxylic acid groups (broad SMARTS) is 1. The van der Waals surface area contributed by atoms with Gasteiger partial charge in [0.1, 0.15) is 6.54 Å². The van der Waals surface area contributed by atoms with E-state index in [0.29, 0.717) is 6.61 Å². The second-order valence-electron chi connectivity index (χ2n) is 11.2. The Bertz CT molecular complexity index is 407. The van der Waals surface area contributed by atoms with Crippen LogP contribution in [0.5, 0.6) is 0 Å². The SMILES string of the molecule is CC(=O)[O-].CCCCCCCCCCCCCCCCCCCCCC[N+](CCC)(CCC)CCO. The van der Waals surface area contributed by atoms with Crippen LogP contribution < -0.4 is 5.11 Å². The Labute approximate surface area is 227 Å². The third-order valence-corrected chi connectivity index (χ3v) is 7.46. The summed E-state index contributed by atoms with van der Waals surface area (Å²) in [4.78, 5) is 8.89. The van der Waals surface area contributed by atoms with Gasteiger partial charge in [0, 0.05) is 5.97 Å². The summed E-state index contributed by atoms with van der Waals surface area (Å²) < 4.78 is 1.16. The predicted octanol–water partition coefficient (Wildman–Crippen LogP) is 8.19. The predicted molar refractivity (Wildman–Crippen MR) is 156 cm³/mol. The van der Waals surface area contributed by atoms with E-state index in [1.807, 2.05) is 0 Å². The molecule has 4 heteroatoms. The van der Waals surface area contributed by atoms with Gasteiger partial charge in [-0.05, 0) is 32.6 Å². The molecule has 1 N–H and O–H groups in total. The summed E-state index contributed by atoms with van der Waals surface area (Å²) in [6.07, 6.45) is 31.4. The van der Waals surface area contributed by atoms with E-state index in [-0.39, 0.29) is 0 Å². The lowest BCUT2D eigenvalue weighted by molar-refractivity contribution is -0.928. The molecule has 0 aromatic carbocycles. The Morgan fingerprint density at radius 2 is 0.778 bits per heavy atom. The number of aliphatic carboxylic acids is 1. The van der Waals surface area contributed by atoms with Gasteiger partial charge in [-0.2, -0.15) is 0 Å². The van der Waals surface area contributed by atoms with Crippen LogP contribution in [-0.2, 0) is 4.79 Å². The lowest BCUT2D eigenvalue weighted by Gasteiger charge is -2.38. The first kappa shape index (κ1) is 37.5. The van der Waals surface area contributed by atoms with Gasteiger partial charge in [0.2, 0.25) is 0 Å². The quantitative estimate of drug-likeness (QED) is 0.0889. The van der Waals surface area contributed by atoms with E-state index in [4.69, 9.17) is 9.90 Å². The number of unbranched alkanes of at least 4 members (excludes halogenated alkanes) is 19. The minimum absolute atomic E-state index is 0.346. The van der Waals surface area contributed by atoms with Gasteiger partial charge in [0.25, 0.3) is 0 Å². The number of quaternary nitrogens is 1. The van der Waals surface area contributed by atoms with Crippen LogP contribution >= 0.6 is 0 Å². The molecule has 0 saturated heterocycles. The molecular weight excluding hydrogens is 446 g/mol. The summed E-state index contributed by atoms with van der Waals surface area (Å²) in [6.45, 7) is 12.9. The zero-order valence-corrected chi connectivity index (χ0v) is 25.3. The zero-order chi connectivity index (χ0) is 27.2. The molecule has 0 aromatic heterocycles. The Morgan fingerprint density at radius 3 is 1.03 bits per heavy atom. The lowest BCUT2D eigenvalue weighted by atomic mass is 10.0. The lowest BCUT2D eigenvalue weighted by Crippen LogP contribution is -2.51. The smallest absolute Gasteiger partial charge is 0.102 e. The normalized spacial score (nSPS) is 11.4. The molecule has 0 rings (SSSR count). The van der Waals surface area contributed by atoms with Crippen LogP contribution in [0, 0.1) is 0 Å². The molecule has 0 aliphatic rings. The van der Waals surface area contributed by atoms with Crippen molar-refractivity contribution in [3.8, 4) is 0 Å². The first-order valence-corrected chi connectivity index (χ1v) is 16.1. The molecule has 0 fully saturated rings. The highest BCUT2D eigenvalue weighted by Gasteiger charge is 2.24. The van der Waals surface area contributed by atoms with Crippen LogP contribution in [0.15, 0.2) is 0 Å². The molecule has 0 aliphatic carbocycles. The van der Waals surface area contributed by atoms with Gasteiger partial charge in [-0.3, -0.25) is 0 Å². The van der Waals surface area contributed by atoms with Crippen molar-refractivity contribution in [1.82, 2.24) is 0 Å². The van der Waals surface area contributed by atoms with E-state index >= 15 is 0 Å². The van der Waals surface area contributed by atoms with Gasteiger partial charge in [0.05, 0.1) is 26.2 Å². The highest BCUT2D eigenvalue weighted by Crippen LogP contribution is 2.16. The minimum Gasteiger partial charge on any atom is -0.550 e. The van der Waals surface area contributed by atoms with E-state index in [9.17, 15) is 5.11 Å². The Kier molecular flexibility index (Phi) is 31.9. The number of hydrogen-bond acceptors (Lipinski definition) is 3. The maximum absolute atomic E-state index is 9.50. The van der Waals surface area contributed by atoms with Crippen molar-refractivity contribution in [3.63, 3.8) is 0 Å². The van der Waals surface area contributed by atoms with Crippen LogP contribution in [0.3, 0.4) is 0 Å². The monoisotopic (exact) mass is 514 g/mol. The molecule has 0 bridgehead atoms. The van der Waals surface area contributed by atoms with Crippen LogP contribution in [0.2, 0.25) is 0 Å². The fraction of sp³-hybridized carbons (Fsp3) is 0.969. The van der Waals surface area contributed by atoms with Crippen molar-refractivity contribution in [2.75, 3.05) is 32.8 Å². The fourth-order valence-electron chi connectivity index (χ4n) is 5.53. The molecule has 0 saturated carbocycles. The maximum atomic E-state index is 9.50. The minimum atomic E-state index is -1.08. The van der Waals surface area contributed by atoms with E-state index < -0.39 is 5.97 Å². The van der Waals surface area contributed by atoms with Gasteiger partial charge < -0.3 is 19.5 Å². The third-order valence-electron chi connectivity index (χ3n) is 7.46. The molecule has 0 spiro atoms. The summed E-state index contributed by atoms with van der Waals surface area (Å²) in [5.74, 6) is -1.08. The summed E-state index contributed by atoms with van der Waals surface area (Å²) in [5, 5.41) is 18.4. The largest absolute Gasteiger partial charge is 0.550 e. The number of aliphatic hydroxyl groups is 1. The molecule has 0 unspecified atom stereocenters. The van der Waals surface area contributed by atoms with Gasteiger partial charge in [-0.15, -0.1) is 0 Å². The highest BCUT2D eigenvalue weighted by atomic mass is 16.4. The number of carboxylic acids is 1. The molecule has 0 radical (unpaired) electrons. The van der Waals surface area contributed by atoms with Gasteiger partial charge >= 0.3 is 0 Å². The Hall–Kier alpha value is -0.610. The van der Waals surface area contributed by atoms with Crippen molar-refractivity contribution in [3.05, 3.63) is 0 Å². The second-order valence-corrected chi connectivity index (χ2v) is 11.2. The summed E-state index contributed by atoms with van der Waals surface area (Å²) >= 11 is 0. The summed E-state index contributed by atoms with van der Waals surface area (Å²) in [5.41, 5.74) is 0. The molecule has 218 valence electrons. The van der Waals surface area contributed by atoms with Crippen molar-refractivity contribution in [2.24, 2.45) is 0 Å². The fourth-order valence-corrected chi connectivity index (χ4v) is 5.53. The van der Waals surface area contributed by atoms with Crippen molar-refractivity contribution in [1.29, 1.82) is 0 Å². The van der Waals surface area contributed by atoms with Crippen LogP contribution in [-0.4, -0.2) is 48.3 Å². The number of nitrogens with zero attached hydrogens (tertiary/aromatic N) is 1. The Balaban J connectivity index is 0. The van der Waals surface area contributed by atoms with Crippen LogP contribution in [0.1, 0.15) is 169 Å². The van der Waals surface area contributed by atoms with Crippen molar-refractivity contribution < 1.29 is 19.5 Å². The molecule has 36 heavy (non-hydrogen) atoms. The average molecular weight is 514 g/mol. The van der Waals surface area contributed by atoms with Crippen molar-refractivity contribution >= 4 is 5.97 Å². The van der Waals surface area contributed by atoms with E-state index in [1.165, 1.54) is 161 Å². The second kappa shape index (κ2) is 30.6. The highest BCUT2D eigenvalue weighted by molar-refractivity contribution is 5.60. The molecule has 0 atom stereocenters. The van der Waals surface area contributed by atoms with E-state index in [1.54, 1.807) is 0 Å². The van der Waals surface area contributed by atoms with E-state index in [2.05, 4.69) is 20.8 Å². The third kappa shape index (κ3) is 29.6. The number of hydrogen-bond donors (Lipinski definition) is 1. The summed E-state index contributed by atoms with van der Waals surface area (Å²) in [7, 11) is 0. The molecular formula is C32H67NO3. The Morgan fingerprint density at radius 1 is 0.500 bits per heavy atom. The van der Waals surface area contributed by atoms with E-state index in [0.717, 1.165) is 18.0 Å². The number of carbonyl (C=O) groups excluding carboxylic acids is 1. The summed E-state index contributed by atoms with van der Waals surface area (Å²) in [6, 6.07) is 0. The number of aliphatic hydroxyl groups excluding tert-OH is 1. The zero-order valence-electron chi connectivity index (χ0n) is 25.3. The van der Waals surface area contributed by atoms with Crippen LogP contribution in [0.25, 0.3) is 0 Å². The maximum Gasteiger partial charge on any atom is 0.102 e. The van der Waals surface area contributed by atoms with Crippen molar-refractivity contribution in [2.45, 2.75) is 169 Å². The topological polar surface area (TPSA) is 60.4 Å². The number of carbonyl (C=O) groups is 1.